The van der Waals surface area contributed by atoms with E-state index in [-0.39, 0.29) is 0 Å². The molecule has 0 aliphatic carbocycles. The predicted molar refractivity (Wildman–Crippen MR) is 234 cm³/mol. The number of hydrogen-bond acceptors (Lipinski definition) is 7. The molecule has 0 spiro atoms. The SMILES string of the molecule is c1ccc(-c2nc(-c3ccccc3)nc(-c3ccc4c(c3)sc3ccc(-c5ccc(-c6nc(-c7ccccc7)c7sc8ccccc8c7n6)cc5)cc34)n2)cc1. The summed E-state index contributed by atoms with van der Waals surface area (Å²) in [6.45, 7) is 0. The molecule has 0 radical (unpaired) electrons. The molecule has 0 aliphatic heterocycles. The molecule has 11 aromatic rings. The van der Waals surface area contributed by atoms with Crippen LogP contribution in [0, 0.1) is 0 Å². The van der Waals surface area contributed by atoms with Gasteiger partial charge in [0.1, 0.15) is 0 Å². The first-order chi connectivity index (χ1) is 27.7. The van der Waals surface area contributed by atoms with Crippen molar-refractivity contribution in [1.82, 2.24) is 24.9 Å². The third-order valence-electron chi connectivity index (χ3n) is 10.2. The lowest BCUT2D eigenvalue weighted by atomic mass is 10.0. The van der Waals surface area contributed by atoms with Crippen LogP contribution in [0.15, 0.2) is 176 Å². The van der Waals surface area contributed by atoms with Gasteiger partial charge in [0.05, 0.1) is 15.9 Å². The number of fused-ring (bicyclic) bond motifs is 6. The normalized spacial score (nSPS) is 11.6. The Morgan fingerprint density at radius 1 is 0.286 bits per heavy atom. The van der Waals surface area contributed by atoms with E-state index in [0.717, 1.165) is 66.1 Å². The molecule has 7 aromatic carbocycles. The van der Waals surface area contributed by atoms with Gasteiger partial charge in [-0.25, -0.2) is 24.9 Å². The molecule has 0 saturated carbocycles. The molecular weight excluding hydrogens is 723 g/mol. The summed E-state index contributed by atoms with van der Waals surface area (Å²) < 4.78 is 4.76. The highest BCUT2D eigenvalue weighted by Gasteiger charge is 2.18. The van der Waals surface area contributed by atoms with Crippen LogP contribution in [0.1, 0.15) is 0 Å². The van der Waals surface area contributed by atoms with Crippen LogP contribution >= 0.6 is 22.7 Å². The van der Waals surface area contributed by atoms with Crippen molar-refractivity contribution in [3.63, 3.8) is 0 Å². The third-order valence-corrected chi connectivity index (χ3v) is 12.5. The fourth-order valence-electron chi connectivity index (χ4n) is 7.36. The molecule has 0 atom stereocenters. The fraction of sp³-hybridized carbons (Fsp3) is 0. The average molecular weight is 752 g/mol. The Morgan fingerprint density at radius 2 is 0.804 bits per heavy atom. The Hall–Kier alpha value is -6.93. The van der Waals surface area contributed by atoms with Crippen LogP contribution in [0.5, 0.6) is 0 Å². The molecule has 0 aliphatic rings. The van der Waals surface area contributed by atoms with E-state index in [1.165, 1.54) is 24.9 Å². The van der Waals surface area contributed by atoms with Gasteiger partial charge in [-0.1, -0.05) is 152 Å². The van der Waals surface area contributed by atoms with Crippen molar-refractivity contribution >= 4 is 63.1 Å². The Balaban J connectivity index is 0.955. The lowest BCUT2D eigenvalue weighted by Gasteiger charge is -2.09. The van der Waals surface area contributed by atoms with E-state index in [9.17, 15) is 0 Å². The third kappa shape index (κ3) is 5.73. The highest BCUT2D eigenvalue weighted by atomic mass is 32.1. The summed E-state index contributed by atoms with van der Waals surface area (Å²) in [5, 5.41) is 3.61. The first-order valence-electron chi connectivity index (χ1n) is 18.4. The van der Waals surface area contributed by atoms with E-state index >= 15 is 0 Å². The molecule has 4 aromatic heterocycles. The molecular formula is C49H29N5S2. The molecule has 262 valence electrons. The van der Waals surface area contributed by atoms with Crippen molar-refractivity contribution in [2.75, 3.05) is 0 Å². The van der Waals surface area contributed by atoms with Crippen LogP contribution in [-0.4, -0.2) is 24.9 Å². The summed E-state index contributed by atoms with van der Waals surface area (Å²) in [5.74, 6) is 2.70. The van der Waals surface area contributed by atoms with Crippen molar-refractivity contribution in [3.8, 4) is 67.9 Å². The largest absolute Gasteiger partial charge is 0.226 e. The highest BCUT2D eigenvalue weighted by Crippen LogP contribution is 2.41. The van der Waals surface area contributed by atoms with Gasteiger partial charge in [-0.2, -0.15) is 0 Å². The molecule has 0 fully saturated rings. The zero-order valence-corrected chi connectivity index (χ0v) is 31.4. The molecule has 0 N–H and O–H groups in total. The topological polar surface area (TPSA) is 64.5 Å². The van der Waals surface area contributed by atoms with Gasteiger partial charge in [0.25, 0.3) is 0 Å². The molecule has 0 amide bonds. The number of hydrogen-bond donors (Lipinski definition) is 0. The van der Waals surface area contributed by atoms with E-state index in [0.29, 0.717) is 17.5 Å². The second-order valence-electron chi connectivity index (χ2n) is 13.7. The smallest absolute Gasteiger partial charge is 0.164 e. The van der Waals surface area contributed by atoms with Crippen molar-refractivity contribution in [2.24, 2.45) is 0 Å². The maximum absolute atomic E-state index is 5.16. The average Bonchev–Trinajstić information content (AvgIpc) is 3.84. The van der Waals surface area contributed by atoms with Crippen molar-refractivity contribution in [3.05, 3.63) is 176 Å². The van der Waals surface area contributed by atoms with E-state index in [1.54, 1.807) is 22.7 Å². The standard InChI is InChI=1S/C49H29N5S2/c1-4-12-31(13-5-1)43-45-44(38-18-10-11-19-40(38)56-45)51-46(50-43)34-22-20-30(21-23-34)35-25-27-41-39(28-35)37-26-24-36(29-42(37)55-41)49-53-47(32-14-6-2-7-15-32)52-48(54-49)33-16-8-3-9-17-33/h1-29H. The predicted octanol–water partition coefficient (Wildman–Crippen LogP) is 13.4. The highest BCUT2D eigenvalue weighted by molar-refractivity contribution is 7.26. The summed E-state index contributed by atoms with van der Waals surface area (Å²) >= 11 is 3.55. The molecule has 0 unspecified atom stereocenters. The van der Waals surface area contributed by atoms with E-state index in [4.69, 9.17) is 24.9 Å². The van der Waals surface area contributed by atoms with Gasteiger partial charge in [0.2, 0.25) is 0 Å². The maximum Gasteiger partial charge on any atom is 0.164 e. The zero-order chi connectivity index (χ0) is 37.0. The number of benzene rings is 7. The van der Waals surface area contributed by atoms with Gasteiger partial charge in [-0.05, 0) is 35.4 Å². The van der Waals surface area contributed by atoms with E-state index < -0.39 is 0 Å². The van der Waals surface area contributed by atoms with Gasteiger partial charge < -0.3 is 0 Å². The number of nitrogens with zero attached hydrogens (tertiary/aromatic N) is 5. The maximum atomic E-state index is 5.16. The monoisotopic (exact) mass is 751 g/mol. The second-order valence-corrected chi connectivity index (χ2v) is 15.8. The molecule has 0 bridgehead atoms. The fourth-order valence-corrected chi connectivity index (χ4v) is 9.64. The Kier molecular flexibility index (Phi) is 7.79. The molecule has 0 saturated heterocycles. The molecule has 11 rings (SSSR count). The van der Waals surface area contributed by atoms with E-state index in [1.807, 2.05) is 66.7 Å². The minimum atomic E-state index is 0.657. The van der Waals surface area contributed by atoms with Gasteiger partial charge in [0.15, 0.2) is 23.3 Å². The van der Waals surface area contributed by atoms with Crippen LogP contribution in [0.2, 0.25) is 0 Å². The summed E-state index contributed by atoms with van der Waals surface area (Å²) in [6.07, 6.45) is 0. The first kappa shape index (κ1) is 32.5. The van der Waals surface area contributed by atoms with Gasteiger partial charge in [-0.15, -0.1) is 22.7 Å². The summed E-state index contributed by atoms with van der Waals surface area (Å²) in [5.41, 5.74) is 9.23. The summed E-state index contributed by atoms with van der Waals surface area (Å²) in [6, 6.07) is 61.1. The lowest BCUT2D eigenvalue weighted by Crippen LogP contribution is -1.99. The van der Waals surface area contributed by atoms with E-state index in [2.05, 4.69) is 109 Å². The summed E-state index contributed by atoms with van der Waals surface area (Å²) in [7, 11) is 0. The Labute approximate surface area is 330 Å². The zero-order valence-electron chi connectivity index (χ0n) is 29.8. The van der Waals surface area contributed by atoms with Crippen LogP contribution < -0.4 is 0 Å². The van der Waals surface area contributed by atoms with Crippen LogP contribution in [0.4, 0.5) is 0 Å². The number of aromatic nitrogens is 5. The molecule has 56 heavy (non-hydrogen) atoms. The first-order valence-corrected chi connectivity index (χ1v) is 20.0. The number of thiophene rings is 2. The minimum absolute atomic E-state index is 0.657. The van der Waals surface area contributed by atoms with Gasteiger partial charge in [0, 0.05) is 58.1 Å². The quantitative estimate of drug-likeness (QED) is 0.169. The van der Waals surface area contributed by atoms with Crippen LogP contribution in [-0.2, 0) is 0 Å². The lowest BCUT2D eigenvalue weighted by molar-refractivity contribution is 1.07. The van der Waals surface area contributed by atoms with Crippen molar-refractivity contribution in [2.45, 2.75) is 0 Å². The van der Waals surface area contributed by atoms with Gasteiger partial charge >= 0.3 is 0 Å². The summed E-state index contributed by atoms with van der Waals surface area (Å²) in [4.78, 5) is 25.1. The Bertz CT molecular complexity index is 3170. The molecule has 4 heterocycles. The van der Waals surface area contributed by atoms with Crippen molar-refractivity contribution in [1.29, 1.82) is 0 Å². The second kappa shape index (κ2) is 13.4. The Morgan fingerprint density at radius 3 is 1.50 bits per heavy atom. The molecule has 7 heteroatoms. The minimum Gasteiger partial charge on any atom is -0.226 e. The van der Waals surface area contributed by atoms with Crippen LogP contribution in [0.3, 0.4) is 0 Å². The molecule has 5 nitrogen and oxygen atoms in total. The van der Waals surface area contributed by atoms with Crippen molar-refractivity contribution < 1.29 is 0 Å². The van der Waals surface area contributed by atoms with Crippen LogP contribution in [0.25, 0.3) is 108 Å². The number of rotatable bonds is 6. The van der Waals surface area contributed by atoms with Gasteiger partial charge in [-0.3, -0.25) is 0 Å².